The SMILES string of the molecule is Cc1ccc(S(=O)(=O)N2CCN(CCCCN)CC2)cc1. The Kier molecular flexibility index (Phi) is 5.75. The van der Waals surface area contributed by atoms with Crippen LogP contribution in [-0.2, 0) is 10.0 Å². The maximum absolute atomic E-state index is 12.6. The van der Waals surface area contributed by atoms with Crippen molar-refractivity contribution in [2.45, 2.75) is 24.7 Å². The Morgan fingerprint density at radius 2 is 1.67 bits per heavy atom. The van der Waals surface area contributed by atoms with E-state index in [1.807, 2.05) is 19.1 Å². The monoisotopic (exact) mass is 311 g/mol. The van der Waals surface area contributed by atoms with Crippen LogP contribution in [-0.4, -0.2) is 56.9 Å². The molecule has 1 fully saturated rings. The predicted molar refractivity (Wildman–Crippen MR) is 84.7 cm³/mol. The zero-order chi connectivity index (χ0) is 15.3. The minimum atomic E-state index is -3.34. The Morgan fingerprint density at radius 1 is 1.05 bits per heavy atom. The Hall–Kier alpha value is -0.950. The van der Waals surface area contributed by atoms with Crippen molar-refractivity contribution in [2.24, 2.45) is 5.73 Å². The quantitative estimate of drug-likeness (QED) is 0.797. The number of hydrogen-bond donors (Lipinski definition) is 1. The lowest BCUT2D eigenvalue weighted by Crippen LogP contribution is -2.48. The summed E-state index contributed by atoms with van der Waals surface area (Å²) >= 11 is 0. The highest BCUT2D eigenvalue weighted by atomic mass is 32.2. The van der Waals surface area contributed by atoms with E-state index in [2.05, 4.69) is 4.90 Å². The van der Waals surface area contributed by atoms with Crippen LogP contribution in [0.2, 0.25) is 0 Å². The first-order valence-electron chi connectivity index (χ1n) is 7.53. The van der Waals surface area contributed by atoms with Gasteiger partial charge in [0, 0.05) is 26.2 Å². The highest BCUT2D eigenvalue weighted by Gasteiger charge is 2.27. The molecule has 1 aromatic rings. The molecule has 1 aromatic carbocycles. The summed E-state index contributed by atoms with van der Waals surface area (Å²) < 4.78 is 26.7. The third-order valence-electron chi connectivity index (χ3n) is 3.92. The van der Waals surface area contributed by atoms with Crippen LogP contribution in [0.4, 0.5) is 0 Å². The number of benzene rings is 1. The van der Waals surface area contributed by atoms with Crippen LogP contribution in [0.15, 0.2) is 29.2 Å². The fourth-order valence-electron chi connectivity index (χ4n) is 2.53. The number of rotatable bonds is 6. The summed E-state index contributed by atoms with van der Waals surface area (Å²) in [4.78, 5) is 2.71. The second-order valence-corrected chi connectivity index (χ2v) is 7.49. The molecule has 0 aliphatic carbocycles. The van der Waals surface area contributed by atoms with E-state index in [9.17, 15) is 8.42 Å². The Bertz CT molecular complexity index is 535. The second kappa shape index (κ2) is 7.35. The van der Waals surface area contributed by atoms with E-state index in [4.69, 9.17) is 5.73 Å². The van der Waals surface area contributed by atoms with Crippen molar-refractivity contribution in [2.75, 3.05) is 39.3 Å². The van der Waals surface area contributed by atoms with Crippen LogP contribution < -0.4 is 5.73 Å². The molecule has 5 nitrogen and oxygen atoms in total. The number of piperazine rings is 1. The van der Waals surface area contributed by atoms with Crippen LogP contribution in [0.5, 0.6) is 0 Å². The lowest BCUT2D eigenvalue weighted by atomic mass is 10.2. The first-order chi connectivity index (χ1) is 10.0. The average Bonchev–Trinajstić information content (AvgIpc) is 2.48. The normalized spacial score (nSPS) is 18.0. The fraction of sp³-hybridized carbons (Fsp3) is 0.600. The molecular formula is C15H25N3O2S. The van der Waals surface area contributed by atoms with Crippen molar-refractivity contribution in [1.82, 2.24) is 9.21 Å². The summed E-state index contributed by atoms with van der Waals surface area (Å²) in [6, 6.07) is 7.07. The van der Waals surface area contributed by atoms with Gasteiger partial charge in [-0.3, -0.25) is 0 Å². The zero-order valence-corrected chi connectivity index (χ0v) is 13.5. The lowest BCUT2D eigenvalue weighted by Gasteiger charge is -2.34. The molecule has 1 heterocycles. The van der Waals surface area contributed by atoms with Crippen molar-refractivity contribution in [1.29, 1.82) is 0 Å². The molecule has 0 amide bonds. The van der Waals surface area contributed by atoms with Crippen molar-refractivity contribution >= 4 is 10.0 Å². The van der Waals surface area contributed by atoms with E-state index in [-0.39, 0.29) is 0 Å². The third-order valence-corrected chi connectivity index (χ3v) is 5.83. The highest BCUT2D eigenvalue weighted by Crippen LogP contribution is 2.18. The molecule has 0 atom stereocenters. The van der Waals surface area contributed by atoms with Crippen molar-refractivity contribution in [3.05, 3.63) is 29.8 Å². The van der Waals surface area contributed by atoms with Gasteiger partial charge in [0.15, 0.2) is 0 Å². The van der Waals surface area contributed by atoms with Crippen molar-refractivity contribution in [3.63, 3.8) is 0 Å². The molecule has 0 bridgehead atoms. The van der Waals surface area contributed by atoms with Gasteiger partial charge in [0.05, 0.1) is 4.90 Å². The zero-order valence-electron chi connectivity index (χ0n) is 12.7. The van der Waals surface area contributed by atoms with Crippen LogP contribution >= 0.6 is 0 Å². The number of unbranched alkanes of at least 4 members (excludes halogenated alkanes) is 1. The van der Waals surface area contributed by atoms with Gasteiger partial charge in [0.1, 0.15) is 0 Å². The van der Waals surface area contributed by atoms with Gasteiger partial charge < -0.3 is 10.6 Å². The first-order valence-corrected chi connectivity index (χ1v) is 8.97. The summed E-state index contributed by atoms with van der Waals surface area (Å²) in [5.74, 6) is 0. The number of sulfonamides is 1. The van der Waals surface area contributed by atoms with Gasteiger partial charge in [-0.05, 0) is 45.0 Å². The molecule has 0 saturated carbocycles. The maximum atomic E-state index is 12.6. The molecule has 0 radical (unpaired) electrons. The summed E-state index contributed by atoms with van der Waals surface area (Å²) in [6.45, 7) is 6.43. The standard InChI is InChI=1S/C15H25N3O2S/c1-14-4-6-15(7-5-14)21(19,20)18-12-10-17(11-13-18)9-3-2-8-16/h4-7H,2-3,8-13,16H2,1H3. The number of nitrogens with zero attached hydrogens (tertiary/aromatic N) is 2. The molecule has 0 aromatic heterocycles. The van der Waals surface area contributed by atoms with E-state index in [0.29, 0.717) is 18.0 Å². The third kappa shape index (κ3) is 4.26. The Morgan fingerprint density at radius 3 is 2.24 bits per heavy atom. The second-order valence-electron chi connectivity index (χ2n) is 5.55. The minimum absolute atomic E-state index is 0.393. The molecule has 21 heavy (non-hydrogen) atoms. The van der Waals surface area contributed by atoms with E-state index in [1.165, 1.54) is 0 Å². The molecule has 1 aliphatic rings. The number of hydrogen-bond acceptors (Lipinski definition) is 4. The topological polar surface area (TPSA) is 66.6 Å². The predicted octanol–water partition coefficient (Wildman–Crippen LogP) is 1.04. The Balaban J connectivity index is 1.93. The van der Waals surface area contributed by atoms with Gasteiger partial charge in [-0.1, -0.05) is 17.7 Å². The Labute approximate surface area is 127 Å². The average molecular weight is 311 g/mol. The van der Waals surface area contributed by atoms with Crippen LogP contribution in [0.3, 0.4) is 0 Å². The molecular weight excluding hydrogens is 286 g/mol. The first kappa shape index (κ1) is 16.4. The van der Waals surface area contributed by atoms with Crippen LogP contribution in [0, 0.1) is 6.92 Å². The molecule has 118 valence electrons. The van der Waals surface area contributed by atoms with Gasteiger partial charge in [0.25, 0.3) is 0 Å². The minimum Gasteiger partial charge on any atom is -0.330 e. The van der Waals surface area contributed by atoms with Gasteiger partial charge in [-0.15, -0.1) is 0 Å². The fourth-order valence-corrected chi connectivity index (χ4v) is 3.95. The molecule has 1 aliphatic heterocycles. The van der Waals surface area contributed by atoms with E-state index >= 15 is 0 Å². The summed E-state index contributed by atoms with van der Waals surface area (Å²) in [7, 11) is -3.34. The largest absolute Gasteiger partial charge is 0.330 e. The van der Waals surface area contributed by atoms with E-state index in [1.54, 1.807) is 16.4 Å². The van der Waals surface area contributed by atoms with Crippen molar-refractivity contribution < 1.29 is 8.42 Å². The molecule has 2 rings (SSSR count). The molecule has 0 spiro atoms. The number of nitrogens with two attached hydrogens (primary N) is 1. The van der Waals surface area contributed by atoms with E-state index in [0.717, 1.165) is 44.6 Å². The van der Waals surface area contributed by atoms with Gasteiger partial charge >= 0.3 is 0 Å². The number of aryl methyl sites for hydroxylation is 1. The van der Waals surface area contributed by atoms with Gasteiger partial charge in [-0.2, -0.15) is 4.31 Å². The summed E-state index contributed by atoms with van der Waals surface area (Å²) in [6.07, 6.45) is 2.11. The lowest BCUT2D eigenvalue weighted by molar-refractivity contribution is 0.186. The molecule has 0 unspecified atom stereocenters. The maximum Gasteiger partial charge on any atom is 0.243 e. The molecule has 1 saturated heterocycles. The van der Waals surface area contributed by atoms with Gasteiger partial charge in [-0.25, -0.2) is 8.42 Å². The van der Waals surface area contributed by atoms with E-state index < -0.39 is 10.0 Å². The molecule has 6 heteroatoms. The summed E-state index contributed by atoms with van der Waals surface area (Å²) in [5, 5.41) is 0. The molecule has 2 N–H and O–H groups in total. The van der Waals surface area contributed by atoms with Gasteiger partial charge in [0.2, 0.25) is 10.0 Å². The smallest absolute Gasteiger partial charge is 0.243 e. The highest BCUT2D eigenvalue weighted by molar-refractivity contribution is 7.89. The summed E-state index contributed by atoms with van der Waals surface area (Å²) in [5.41, 5.74) is 6.56. The van der Waals surface area contributed by atoms with Crippen molar-refractivity contribution in [3.8, 4) is 0 Å². The van der Waals surface area contributed by atoms with Crippen LogP contribution in [0.25, 0.3) is 0 Å². The van der Waals surface area contributed by atoms with Crippen LogP contribution in [0.1, 0.15) is 18.4 Å².